The van der Waals surface area contributed by atoms with E-state index < -0.39 is 0 Å². The molecule has 1 N–H and O–H groups in total. The van der Waals surface area contributed by atoms with Crippen molar-refractivity contribution in [3.05, 3.63) is 29.3 Å². The molecule has 1 aromatic carbocycles. The molecule has 0 aliphatic carbocycles. The molecule has 0 fully saturated rings. The fourth-order valence-corrected chi connectivity index (χ4v) is 2.35. The zero-order valence-electron chi connectivity index (χ0n) is 15.5. The maximum absolute atomic E-state index is 9.18. The quantitative estimate of drug-likeness (QED) is 0.679. The van der Waals surface area contributed by atoms with Gasteiger partial charge < -0.3 is 23.9 Å². The van der Waals surface area contributed by atoms with Gasteiger partial charge in [0.25, 0.3) is 0 Å². The summed E-state index contributed by atoms with van der Waals surface area (Å²) < 4.78 is 21.6. The van der Waals surface area contributed by atoms with Gasteiger partial charge in [0.15, 0.2) is 11.5 Å². The third kappa shape index (κ3) is 4.48. The van der Waals surface area contributed by atoms with Crippen LogP contribution >= 0.6 is 0 Å². The molecule has 1 aromatic heterocycles. The Morgan fingerprint density at radius 3 is 2.38 bits per heavy atom. The van der Waals surface area contributed by atoms with Gasteiger partial charge in [0.2, 0.25) is 23.2 Å². The van der Waals surface area contributed by atoms with Crippen molar-refractivity contribution in [1.29, 1.82) is 5.26 Å². The number of oxazole rings is 1. The summed E-state index contributed by atoms with van der Waals surface area (Å²) in [6, 6.07) is 5.66. The molecular weight excluding hydrogens is 334 g/mol. The van der Waals surface area contributed by atoms with E-state index in [-0.39, 0.29) is 5.69 Å². The number of unbranched alkanes of at least 4 members (excludes halogenated alkanes) is 1. The molecule has 138 valence electrons. The molecule has 0 saturated heterocycles. The van der Waals surface area contributed by atoms with E-state index in [4.69, 9.17) is 18.6 Å². The van der Waals surface area contributed by atoms with Crippen molar-refractivity contribution < 1.29 is 18.6 Å². The Hall–Kier alpha value is -3.14. The van der Waals surface area contributed by atoms with Crippen LogP contribution in [0.4, 0.5) is 5.88 Å². The summed E-state index contributed by atoms with van der Waals surface area (Å²) in [5, 5.41) is 12.3. The molecule has 0 aliphatic heterocycles. The zero-order chi connectivity index (χ0) is 18.9. The number of hydrogen-bond acceptors (Lipinski definition) is 7. The first-order valence-electron chi connectivity index (χ1n) is 8.29. The lowest BCUT2D eigenvalue weighted by Crippen LogP contribution is -2.00. The van der Waals surface area contributed by atoms with Crippen molar-refractivity contribution in [3.8, 4) is 23.3 Å². The molecule has 2 rings (SSSR count). The van der Waals surface area contributed by atoms with Crippen LogP contribution in [-0.4, -0.2) is 32.9 Å². The van der Waals surface area contributed by atoms with Crippen molar-refractivity contribution in [2.75, 3.05) is 33.2 Å². The Kier molecular flexibility index (Phi) is 6.92. The molecule has 7 nitrogen and oxygen atoms in total. The monoisotopic (exact) mass is 357 g/mol. The van der Waals surface area contributed by atoms with E-state index in [0.29, 0.717) is 29.0 Å². The van der Waals surface area contributed by atoms with E-state index in [0.717, 1.165) is 24.9 Å². The number of rotatable bonds is 9. The second-order valence-corrected chi connectivity index (χ2v) is 5.41. The topological polar surface area (TPSA) is 89.5 Å². The van der Waals surface area contributed by atoms with E-state index >= 15 is 0 Å². The van der Waals surface area contributed by atoms with Crippen molar-refractivity contribution in [1.82, 2.24) is 4.98 Å². The first kappa shape index (κ1) is 19.2. The molecule has 2 aromatic rings. The molecule has 0 bridgehead atoms. The summed E-state index contributed by atoms with van der Waals surface area (Å²) in [7, 11) is 4.68. The number of hydrogen-bond donors (Lipinski definition) is 1. The minimum atomic E-state index is 0.241. The van der Waals surface area contributed by atoms with Crippen LogP contribution in [0.25, 0.3) is 12.2 Å². The van der Waals surface area contributed by atoms with Gasteiger partial charge in [-0.1, -0.05) is 13.3 Å². The average Bonchev–Trinajstić information content (AvgIpc) is 3.07. The highest BCUT2D eigenvalue weighted by atomic mass is 16.5. The molecular formula is C19H23N3O4. The van der Waals surface area contributed by atoms with Crippen molar-refractivity contribution in [2.45, 2.75) is 19.8 Å². The first-order valence-corrected chi connectivity index (χ1v) is 8.29. The Morgan fingerprint density at radius 1 is 1.15 bits per heavy atom. The van der Waals surface area contributed by atoms with E-state index in [9.17, 15) is 5.26 Å². The number of nitrogens with zero attached hydrogens (tertiary/aromatic N) is 2. The molecule has 0 aliphatic rings. The minimum Gasteiger partial charge on any atom is -0.493 e. The predicted octanol–water partition coefficient (Wildman–Crippen LogP) is 3.95. The standard InChI is InChI=1S/C19H23N3O4/c1-5-6-9-21-19-14(12-20)22-17(26-19)8-7-13-10-15(23-2)18(25-4)16(11-13)24-3/h7-8,10-11,21H,5-6,9H2,1-4H3. The van der Waals surface area contributed by atoms with Crippen LogP contribution in [0.3, 0.4) is 0 Å². The van der Waals surface area contributed by atoms with Gasteiger partial charge in [-0.15, -0.1) is 0 Å². The highest BCUT2D eigenvalue weighted by Gasteiger charge is 2.13. The van der Waals surface area contributed by atoms with Crippen LogP contribution in [0.1, 0.15) is 36.9 Å². The minimum absolute atomic E-state index is 0.241. The lowest BCUT2D eigenvalue weighted by molar-refractivity contribution is 0.324. The largest absolute Gasteiger partial charge is 0.493 e. The molecule has 1 heterocycles. The molecule has 0 atom stereocenters. The van der Waals surface area contributed by atoms with Crippen LogP contribution in [0.5, 0.6) is 17.2 Å². The van der Waals surface area contributed by atoms with Gasteiger partial charge in [0.1, 0.15) is 6.07 Å². The summed E-state index contributed by atoms with van der Waals surface area (Å²) in [6.45, 7) is 2.83. The van der Waals surface area contributed by atoms with Crippen molar-refractivity contribution in [3.63, 3.8) is 0 Å². The van der Waals surface area contributed by atoms with Crippen LogP contribution in [0, 0.1) is 11.3 Å². The number of aromatic nitrogens is 1. The Balaban J connectivity index is 2.25. The highest BCUT2D eigenvalue weighted by Crippen LogP contribution is 2.38. The van der Waals surface area contributed by atoms with E-state index in [1.165, 1.54) is 0 Å². The van der Waals surface area contributed by atoms with Gasteiger partial charge in [-0.2, -0.15) is 10.2 Å². The van der Waals surface area contributed by atoms with Gasteiger partial charge in [0, 0.05) is 12.6 Å². The summed E-state index contributed by atoms with van der Waals surface area (Å²) in [5.41, 5.74) is 1.06. The van der Waals surface area contributed by atoms with Crippen LogP contribution in [0.15, 0.2) is 16.5 Å². The third-order valence-corrected chi connectivity index (χ3v) is 3.67. The molecule has 0 radical (unpaired) electrons. The number of nitrogens with one attached hydrogen (secondary N) is 1. The Morgan fingerprint density at radius 2 is 1.85 bits per heavy atom. The van der Waals surface area contributed by atoms with E-state index in [1.54, 1.807) is 33.5 Å². The molecule has 7 heteroatoms. The van der Waals surface area contributed by atoms with Crippen LogP contribution in [-0.2, 0) is 0 Å². The molecule has 26 heavy (non-hydrogen) atoms. The second-order valence-electron chi connectivity index (χ2n) is 5.41. The molecule has 0 amide bonds. The number of benzene rings is 1. The molecule has 0 unspecified atom stereocenters. The van der Waals surface area contributed by atoms with Crippen molar-refractivity contribution >= 4 is 18.0 Å². The number of methoxy groups -OCH3 is 3. The first-order chi connectivity index (χ1) is 12.7. The van der Waals surface area contributed by atoms with Crippen LogP contribution < -0.4 is 19.5 Å². The van der Waals surface area contributed by atoms with Crippen LogP contribution in [0.2, 0.25) is 0 Å². The third-order valence-electron chi connectivity index (χ3n) is 3.67. The van der Waals surface area contributed by atoms with E-state index in [2.05, 4.69) is 17.2 Å². The smallest absolute Gasteiger partial charge is 0.232 e. The highest BCUT2D eigenvalue weighted by molar-refractivity contribution is 5.71. The Bertz CT molecular complexity index is 781. The average molecular weight is 357 g/mol. The second kappa shape index (κ2) is 9.37. The summed E-state index contributed by atoms with van der Waals surface area (Å²) in [5.74, 6) is 2.37. The number of ether oxygens (including phenoxy) is 3. The predicted molar refractivity (Wildman–Crippen MR) is 99.6 cm³/mol. The van der Waals surface area contributed by atoms with Gasteiger partial charge in [-0.3, -0.25) is 0 Å². The van der Waals surface area contributed by atoms with Gasteiger partial charge in [0.05, 0.1) is 21.3 Å². The molecule has 0 saturated carbocycles. The number of nitriles is 1. The van der Waals surface area contributed by atoms with Gasteiger partial charge >= 0.3 is 0 Å². The van der Waals surface area contributed by atoms with Crippen molar-refractivity contribution in [2.24, 2.45) is 0 Å². The SMILES string of the molecule is CCCCNc1oc(C=Cc2cc(OC)c(OC)c(OC)c2)nc1C#N. The van der Waals surface area contributed by atoms with E-state index in [1.807, 2.05) is 18.2 Å². The number of anilines is 1. The lowest BCUT2D eigenvalue weighted by Gasteiger charge is -2.12. The summed E-state index contributed by atoms with van der Waals surface area (Å²) in [4.78, 5) is 4.18. The van der Waals surface area contributed by atoms with Gasteiger partial charge in [-0.25, -0.2) is 0 Å². The Labute approximate surface area is 153 Å². The van der Waals surface area contributed by atoms with Gasteiger partial charge in [-0.05, 0) is 30.2 Å². The maximum Gasteiger partial charge on any atom is 0.232 e. The fraction of sp³-hybridized carbons (Fsp3) is 0.368. The zero-order valence-corrected chi connectivity index (χ0v) is 15.5. The lowest BCUT2D eigenvalue weighted by atomic mass is 10.1. The normalized spacial score (nSPS) is 10.6. The summed E-state index contributed by atoms with van der Waals surface area (Å²) >= 11 is 0. The molecule has 0 spiro atoms. The fourth-order valence-electron chi connectivity index (χ4n) is 2.35. The maximum atomic E-state index is 9.18. The summed E-state index contributed by atoms with van der Waals surface area (Å²) in [6.07, 6.45) is 5.53.